The van der Waals surface area contributed by atoms with E-state index in [0.717, 1.165) is 35.0 Å². The standard InChI is InChI=1S/C16H23BrO2/c1-15(2)8-4-5-9-16(15,18)11-12-10-13(17)6-7-14(12)19-3/h6-7,10,18H,4-5,8-9,11H2,1-3H3. The van der Waals surface area contributed by atoms with Crippen LogP contribution in [0.2, 0.25) is 0 Å². The van der Waals surface area contributed by atoms with Crippen molar-refractivity contribution in [2.24, 2.45) is 5.41 Å². The number of rotatable bonds is 3. The molecule has 1 saturated carbocycles. The Morgan fingerprint density at radius 2 is 1.95 bits per heavy atom. The Morgan fingerprint density at radius 3 is 2.58 bits per heavy atom. The predicted octanol–water partition coefficient (Wildman–Crippen LogP) is 4.33. The lowest BCUT2D eigenvalue weighted by molar-refractivity contribution is -0.0960. The average Bonchev–Trinajstić information content (AvgIpc) is 2.33. The van der Waals surface area contributed by atoms with Gasteiger partial charge in [-0.2, -0.15) is 0 Å². The molecule has 1 aromatic carbocycles. The topological polar surface area (TPSA) is 29.5 Å². The minimum Gasteiger partial charge on any atom is -0.496 e. The van der Waals surface area contributed by atoms with Crippen LogP contribution in [0.5, 0.6) is 5.75 Å². The summed E-state index contributed by atoms with van der Waals surface area (Å²) in [4.78, 5) is 0. The normalized spacial score (nSPS) is 26.2. The zero-order valence-electron chi connectivity index (χ0n) is 12.0. The molecule has 0 amide bonds. The van der Waals surface area contributed by atoms with E-state index in [0.29, 0.717) is 6.42 Å². The summed E-state index contributed by atoms with van der Waals surface area (Å²) in [6, 6.07) is 5.98. The smallest absolute Gasteiger partial charge is 0.122 e. The Balaban J connectivity index is 2.31. The molecule has 1 atom stereocenters. The van der Waals surface area contributed by atoms with E-state index < -0.39 is 5.60 Å². The summed E-state index contributed by atoms with van der Waals surface area (Å²) in [5, 5.41) is 11.1. The molecule has 2 nitrogen and oxygen atoms in total. The van der Waals surface area contributed by atoms with E-state index in [-0.39, 0.29) is 5.41 Å². The van der Waals surface area contributed by atoms with Crippen molar-refractivity contribution in [1.82, 2.24) is 0 Å². The van der Waals surface area contributed by atoms with Gasteiger partial charge < -0.3 is 9.84 Å². The van der Waals surface area contributed by atoms with E-state index in [9.17, 15) is 5.11 Å². The maximum Gasteiger partial charge on any atom is 0.122 e. The highest BCUT2D eigenvalue weighted by atomic mass is 79.9. The van der Waals surface area contributed by atoms with Gasteiger partial charge in [0.15, 0.2) is 0 Å². The van der Waals surface area contributed by atoms with Crippen molar-refractivity contribution >= 4 is 15.9 Å². The van der Waals surface area contributed by atoms with Crippen molar-refractivity contribution in [3.8, 4) is 5.75 Å². The van der Waals surface area contributed by atoms with E-state index >= 15 is 0 Å². The molecule has 19 heavy (non-hydrogen) atoms. The summed E-state index contributed by atoms with van der Waals surface area (Å²) in [5.41, 5.74) is 0.395. The first-order valence-corrected chi connectivity index (χ1v) is 7.72. The van der Waals surface area contributed by atoms with Gasteiger partial charge in [0.05, 0.1) is 12.7 Å². The SMILES string of the molecule is COc1ccc(Br)cc1CC1(O)CCCCC1(C)C. The third kappa shape index (κ3) is 2.97. The lowest BCUT2D eigenvalue weighted by Gasteiger charge is -2.47. The highest BCUT2D eigenvalue weighted by molar-refractivity contribution is 9.10. The number of ether oxygens (including phenoxy) is 1. The lowest BCUT2D eigenvalue weighted by Crippen LogP contribution is -2.48. The molecule has 1 aromatic rings. The van der Waals surface area contributed by atoms with Crippen LogP contribution in [-0.2, 0) is 6.42 Å². The first-order valence-electron chi connectivity index (χ1n) is 6.93. The molecule has 0 spiro atoms. The Labute approximate surface area is 124 Å². The second kappa shape index (κ2) is 5.45. The Bertz CT molecular complexity index is 456. The number of aliphatic hydroxyl groups is 1. The molecule has 0 radical (unpaired) electrons. The molecular formula is C16H23BrO2. The largest absolute Gasteiger partial charge is 0.496 e. The zero-order chi connectivity index (χ0) is 14.1. The molecule has 3 heteroatoms. The highest BCUT2D eigenvalue weighted by Gasteiger charge is 2.45. The summed E-state index contributed by atoms with van der Waals surface area (Å²) in [6.07, 6.45) is 4.93. The van der Waals surface area contributed by atoms with Crippen LogP contribution in [0.1, 0.15) is 45.1 Å². The zero-order valence-corrected chi connectivity index (χ0v) is 13.6. The molecule has 1 unspecified atom stereocenters. The number of methoxy groups -OCH3 is 1. The van der Waals surface area contributed by atoms with Gasteiger partial charge in [0, 0.05) is 10.9 Å². The summed E-state index contributed by atoms with van der Waals surface area (Å²) in [6.45, 7) is 4.35. The van der Waals surface area contributed by atoms with Gasteiger partial charge >= 0.3 is 0 Å². The molecule has 1 aliphatic carbocycles. The van der Waals surface area contributed by atoms with E-state index in [1.54, 1.807) is 7.11 Å². The molecule has 106 valence electrons. The number of hydrogen-bond donors (Lipinski definition) is 1. The monoisotopic (exact) mass is 326 g/mol. The molecular weight excluding hydrogens is 304 g/mol. The molecule has 0 aromatic heterocycles. The molecule has 0 heterocycles. The number of halogens is 1. The van der Waals surface area contributed by atoms with Gasteiger partial charge in [-0.15, -0.1) is 0 Å². The van der Waals surface area contributed by atoms with Crippen LogP contribution >= 0.6 is 15.9 Å². The Kier molecular flexibility index (Phi) is 4.26. The van der Waals surface area contributed by atoms with E-state index in [1.807, 2.05) is 12.1 Å². The first-order chi connectivity index (χ1) is 8.88. The fourth-order valence-corrected chi connectivity index (χ4v) is 3.49. The van der Waals surface area contributed by atoms with Gasteiger partial charge in [-0.1, -0.05) is 42.6 Å². The quantitative estimate of drug-likeness (QED) is 0.895. The van der Waals surface area contributed by atoms with Crippen LogP contribution in [-0.4, -0.2) is 17.8 Å². The van der Waals surface area contributed by atoms with Crippen molar-refractivity contribution in [1.29, 1.82) is 0 Å². The Hall–Kier alpha value is -0.540. The van der Waals surface area contributed by atoms with E-state index in [2.05, 4.69) is 35.8 Å². The number of hydrogen-bond acceptors (Lipinski definition) is 2. The summed E-state index contributed by atoms with van der Waals surface area (Å²) in [7, 11) is 1.68. The molecule has 2 rings (SSSR count). The lowest BCUT2D eigenvalue weighted by atomic mass is 9.63. The van der Waals surface area contributed by atoms with Crippen molar-refractivity contribution < 1.29 is 9.84 Å². The minimum absolute atomic E-state index is 0.0431. The van der Waals surface area contributed by atoms with Crippen LogP contribution in [0, 0.1) is 5.41 Å². The molecule has 1 aliphatic rings. The molecule has 0 saturated heterocycles. The van der Waals surface area contributed by atoms with Crippen LogP contribution in [0.25, 0.3) is 0 Å². The number of benzene rings is 1. The fourth-order valence-electron chi connectivity index (χ4n) is 3.08. The van der Waals surface area contributed by atoms with Crippen molar-refractivity contribution in [3.05, 3.63) is 28.2 Å². The van der Waals surface area contributed by atoms with Crippen LogP contribution in [0.4, 0.5) is 0 Å². The first kappa shape index (κ1) is 14.9. The average molecular weight is 327 g/mol. The van der Waals surface area contributed by atoms with Gasteiger partial charge in [-0.3, -0.25) is 0 Å². The van der Waals surface area contributed by atoms with Crippen LogP contribution in [0.3, 0.4) is 0 Å². The molecule has 1 N–H and O–H groups in total. The predicted molar refractivity (Wildman–Crippen MR) is 81.6 cm³/mol. The summed E-state index contributed by atoms with van der Waals surface area (Å²) in [5.74, 6) is 0.859. The van der Waals surface area contributed by atoms with E-state index in [4.69, 9.17) is 4.74 Å². The summed E-state index contributed by atoms with van der Waals surface area (Å²) < 4.78 is 6.45. The highest BCUT2D eigenvalue weighted by Crippen LogP contribution is 2.46. The Morgan fingerprint density at radius 1 is 1.26 bits per heavy atom. The van der Waals surface area contributed by atoms with Crippen LogP contribution in [0.15, 0.2) is 22.7 Å². The van der Waals surface area contributed by atoms with Crippen molar-refractivity contribution in [3.63, 3.8) is 0 Å². The van der Waals surface area contributed by atoms with Gasteiger partial charge in [0.1, 0.15) is 5.75 Å². The van der Waals surface area contributed by atoms with Crippen molar-refractivity contribution in [2.75, 3.05) is 7.11 Å². The van der Waals surface area contributed by atoms with E-state index in [1.165, 1.54) is 6.42 Å². The summed E-state index contributed by atoms with van der Waals surface area (Å²) >= 11 is 3.50. The van der Waals surface area contributed by atoms with Crippen molar-refractivity contribution in [2.45, 2.75) is 51.6 Å². The maximum absolute atomic E-state index is 11.1. The third-order valence-corrected chi connectivity index (χ3v) is 5.12. The van der Waals surface area contributed by atoms with Crippen LogP contribution < -0.4 is 4.74 Å². The second-order valence-corrected chi connectivity index (χ2v) is 7.17. The fraction of sp³-hybridized carbons (Fsp3) is 0.625. The molecule has 0 aliphatic heterocycles. The van der Waals surface area contributed by atoms with Gasteiger partial charge in [-0.25, -0.2) is 0 Å². The van der Waals surface area contributed by atoms with Gasteiger partial charge in [0.25, 0.3) is 0 Å². The third-order valence-electron chi connectivity index (χ3n) is 4.63. The molecule has 1 fully saturated rings. The van der Waals surface area contributed by atoms with Gasteiger partial charge in [-0.05, 0) is 42.0 Å². The maximum atomic E-state index is 11.1. The second-order valence-electron chi connectivity index (χ2n) is 6.26. The van der Waals surface area contributed by atoms with Gasteiger partial charge in [0.2, 0.25) is 0 Å². The minimum atomic E-state index is -0.640. The molecule has 0 bridgehead atoms.